The Bertz CT molecular complexity index is 479. The average molecular weight is 279 g/mol. The zero-order valence-electron chi connectivity index (χ0n) is 10.6. The van der Waals surface area contributed by atoms with Crippen LogP contribution in [0.4, 0.5) is 0 Å². The van der Waals surface area contributed by atoms with Gasteiger partial charge in [-0.1, -0.05) is 24.4 Å². The first-order chi connectivity index (χ1) is 9.15. The number of ether oxygens (including phenoxy) is 1. The van der Waals surface area contributed by atoms with Gasteiger partial charge in [-0.2, -0.15) is 0 Å². The largest absolute Gasteiger partial charge is 0.492 e. The molecule has 0 aromatic heterocycles. The number of nitrogens with two attached hydrogens (primary N) is 1. The van der Waals surface area contributed by atoms with Gasteiger partial charge in [0.25, 0.3) is 0 Å². The summed E-state index contributed by atoms with van der Waals surface area (Å²) in [5.74, 6) is 0.813. The summed E-state index contributed by atoms with van der Waals surface area (Å²) in [6, 6.07) is 7.40. The summed E-state index contributed by atoms with van der Waals surface area (Å²) in [4.78, 5) is 13.6. The Balaban J connectivity index is 1.80. The molecule has 1 aliphatic heterocycles. The van der Waals surface area contributed by atoms with Crippen LogP contribution in [0.1, 0.15) is 5.56 Å². The predicted octanol–water partition coefficient (Wildman–Crippen LogP) is 0.131. The molecule has 0 bridgehead atoms. The number of nitrogens with zero attached hydrogens (tertiary/aromatic N) is 1. The molecule has 0 aliphatic carbocycles. The fourth-order valence-electron chi connectivity index (χ4n) is 1.91. The quantitative estimate of drug-likeness (QED) is 0.750. The van der Waals surface area contributed by atoms with Crippen LogP contribution in [0, 0.1) is 0 Å². The molecule has 0 atom stereocenters. The van der Waals surface area contributed by atoms with Crippen molar-refractivity contribution in [2.75, 3.05) is 32.8 Å². The number of carbonyl (C=O) groups is 1. The van der Waals surface area contributed by atoms with Crippen LogP contribution in [0.2, 0.25) is 0 Å². The van der Waals surface area contributed by atoms with Gasteiger partial charge in [0.05, 0.1) is 6.54 Å². The Morgan fingerprint density at radius 2 is 2.37 bits per heavy atom. The molecule has 2 rings (SSSR count). The van der Waals surface area contributed by atoms with Crippen molar-refractivity contribution in [2.24, 2.45) is 5.73 Å². The van der Waals surface area contributed by atoms with Crippen molar-refractivity contribution >= 4 is 23.1 Å². The van der Waals surface area contributed by atoms with E-state index in [4.69, 9.17) is 22.7 Å². The summed E-state index contributed by atoms with van der Waals surface area (Å²) in [5.41, 5.74) is 6.36. The Morgan fingerprint density at radius 3 is 3.11 bits per heavy atom. The van der Waals surface area contributed by atoms with Gasteiger partial charge < -0.3 is 15.8 Å². The molecule has 1 aromatic carbocycles. The number of nitrogens with one attached hydrogen (secondary N) is 1. The average Bonchev–Trinajstić information content (AvgIpc) is 2.39. The summed E-state index contributed by atoms with van der Waals surface area (Å²) < 4.78 is 5.65. The van der Waals surface area contributed by atoms with E-state index in [9.17, 15) is 4.79 Å². The molecular weight excluding hydrogens is 262 g/mol. The molecule has 1 aliphatic rings. The highest BCUT2D eigenvalue weighted by Crippen LogP contribution is 2.13. The van der Waals surface area contributed by atoms with E-state index in [1.807, 2.05) is 24.3 Å². The van der Waals surface area contributed by atoms with E-state index in [-0.39, 0.29) is 5.91 Å². The van der Waals surface area contributed by atoms with E-state index in [0.29, 0.717) is 24.7 Å². The number of benzene rings is 1. The maximum Gasteiger partial charge on any atom is 0.234 e. The molecule has 5 nitrogen and oxygen atoms in total. The van der Waals surface area contributed by atoms with E-state index in [0.717, 1.165) is 24.4 Å². The van der Waals surface area contributed by atoms with Crippen molar-refractivity contribution in [3.8, 4) is 5.75 Å². The second-order valence-electron chi connectivity index (χ2n) is 4.37. The molecule has 1 fully saturated rings. The number of carbonyl (C=O) groups excluding carboxylic acids is 1. The van der Waals surface area contributed by atoms with Gasteiger partial charge in [-0.3, -0.25) is 9.69 Å². The molecule has 0 saturated carbocycles. The monoisotopic (exact) mass is 279 g/mol. The predicted molar refractivity (Wildman–Crippen MR) is 77.3 cm³/mol. The summed E-state index contributed by atoms with van der Waals surface area (Å²) in [6.45, 7) is 3.27. The normalized spacial score (nSPS) is 15.9. The van der Waals surface area contributed by atoms with Gasteiger partial charge >= 0.3 is 0 Å². The maximum atomic E-state index is 11.2. The molecule has 0 spiro atoms. The van der Waals surface area contributed by atoms with Gasteiger partial charge in [0, 0.05) is 25.2 Å². The zero-order valence-corrected chi connectivity index (χ0v) is 11.4. The minimum atomic E-state index is 0.0710. The third-order valence-electron chi connectivity index (χ3n) is 2.91. The van der Waals surface area contributed by atoms with E-state index >= 15 is 0 Å². The van der Waals surface area contributed by atoms with Crippen LogP contribution in [-0.2, 0) is 4.79 Å². The molecule has 6 heteroatoms. The van der Waals surface area contributed by atoms with Crippen molar-refractivity contribution in [2.45, 2.75) is 0 Å². The van der Waals surface area contributed by atoms with E-state index in [1.54, 1.807) is 0 Å². The van der Waals surface area contributed by atoms with Gasteiger partial charge in [0.15, 0.2) is 0 Å². The second kappa shape index (κ2) is 6.49. The highest BCUT2D eigenvalue weighted by molar-refractivity contribution is 7.80. The highest BCUT2D eigenvalue weighted by atomic mass is 32.1. The van der Waals surface area contributed by atoms with Gasteiger partial charge in [-0.15, -0.1) is 0 Å². The number of hydrogen-bond donors (Lipinski definition) is 2. The number of amides is 1. The van der Waals surface area contributed by atoms with Crippen LogP contribution in [0.5, 0.6) is 5.75 Å². The molecule has 0 radical (unpaired) electrons. The van der Waals surface area contributed by atoms with Crippen molar-refractivity contribution < 1.29 is 9.53 Å². The molecule has 3 N–H and O–H groups in total. The van der Waals surface area contributed by atoms with Crippen molar-refractivity contribution in [1.82, 2.24) is 10.2 Å². The molecule has 1 amide bonds. The molecule has 1 heterocycles. The first kappa shape index (κ1) is 13.8. The summed E-state index contributed by atoms with van der Waals surface area (Å²) >= 11 is 4.92. The SMILES string of the molecule is NC(=S)c1cccc(OCCN2CCNC(=O)C2)c1. The minimum absolute atomic E-state index is 0.0710. The molecule has 19 heavy (non-hydrogen) atoms. The standard InChI is InChI=1S/C13H17N3O2S/c14-13(19)10-2-1-3-11(8-10)18-7-6-16-5-4-15-12(17)9-16/h1-3,8H,4-7,9H2,(H2,14,19)(H,15,17). The minimum Gasteiger partial charge on any atom is -0.492 e. The van der Waals surface area contributed by atoms with Crippen LogP contribution in [0.25, 0.3) is 0 Å². The lowest BCUT2D eigenvalue weighted by atomic mass is 10.2. The number of rotatable bonds is 5. The summed E-state index contributed by atoms with van der Waals surface area (Å²) in [6.07, 6.45) is 0. The molecule has 0 unspecified atom stereocenters. The first-order valence-corrected chi connectivity index (χ1v) is 6.58. The van der Waals surface area contributed by atoms with Gasteiger partial charge in [0.1, 0.15) is 17.3 Å². The van der Waals surface area contributed by atoms with Gasteiger partial charge in [-0.05, 0) is 12.1 Å². The highest BCUT2D eigenvalue weighted by Gasteiger charge is 2.15. The van der Waals surface area contributed by atoms with Crippen LogP contribution in [0.3, 0.4) is 0 Å². The van der Waals surface area contributed by atoms with Crippen LogP contribution in [0.15, 0.2) is 24.3 Å². The van der Waals surface area contributed by atoms with Gasteiger partial charge in [-0.25, -0.2) is 0 Å². The Hall–Kier alpha value is -1.66. The maximum absolute atomic E-state index is 11.2. The lowest BCUT2D eigenvalue weighted by Gasteiger charge is -2.26. The Labute approximate surface area is 117 Å². The van der Waals surface area contributed by atoms with Crippen molar-refractivity contribution in [1.29, 1.82) is 0 Å². The fraction of sp³-hybridized carbons (Fsp3) is 0.385. The lowest BCUT2D eigenvalue weighted by molar-refractivity contribution is -0.124. The third-order valence-corrected chi connectivity index (χ3v) is 3.15. The molecular formula is C13H17N3O2S. The fourth-order valence-corrected chi connectivity index (χ4v) is 2.04. The second-order valence-corrected chi connectivity index (χ2v) is 4.81. The van der Waals surface area contributed by atoms with Gasteiger partial charge in [0.2, 0.25) is 5.91 Å². The zero-order chi connectivity index (χ0) is 13.7. The number of thiocarbonyl (C=S) groups is 1. The first-order valence-electron chi connectivity index (χ1n) is 6.17. The van der Waals surface area contributed by atoms with Crippen molar-refractivity contribution in [3.63, 3.8) is 0 Å². The number of piperazine rings is 1. The molecule has 1 saturated heterocycles. The Kier molecular flexibility index (Phi) is 4.70. The van der Waals surface area contributed by atoms with Crippen molar-refractivity contribution in [3.05, 3.63) is 29.8 Å². The van der Waals surface area contributed by atoms with Crippen LogP contribution < -0.4 is 15.8 Å². The number of hydrogen-bond acceptors (Lipinski definition) is 4. The Morgan fingerprint density at radius 1 is 1.53 bits per heavy atom. The summed E-state index contributed by atoms with van der Waals surface area (Å²) in [5, 5.41) is 2.79. The van der Waals surface area contributed by atoms with E-state index in [1.165, 1.54) is 0 Å². The topological polar surface area (TPSA) is 67.6 Å². The summed E-state index contributed by atoms with van der Waals surface area (Å²) in [7, 11) is 0. The lowest BCUT2D eigenvalue weighted by Crippen LogP contribution is -2.48. The third kappa shape index (κ3) is 4.18. The molecule has 102 valence electrons. The smallest absolute Gasteiger partial charge is 0.234 e. The van der Waals surface area contributed by atoms with Crippen LogP contribution in [-0.4, -0.2) is 48.6 Å². The van der Waals surface area contributed by atoms with E-state index in [2.05, 4.69) is 10.2 Å². The molecule has 1 aromatic rings. The van der Waals surface area contributed by atoms with E-state index < -0.39 is 0 Å². The van der Waals surface area contributed by atoms with Crippen LogP contribution >= 0.6 is 12.2 Å².